The molecular weight excluding hydrogens is 196 g/mol. The summed E-state index contributed by atoms with van der Waals surface area (Å²) in [6.07, 6.45) is 2.30. The van der Waals surface area contributed by atoms with Crippen molar-refractivity contribution in [2.45, 2.75) is 32.2 Å². The van der Waals surface area contributed by atoms with Gasteiger partial charge in [0.2, 0.25) is 0 Å². The lowest BCUT2D eigenvalue weighted by Gasteiger charge is -2.42. The van der Waals surface area contributed by atoms with Crippen LogP contribution in [-0.2, 0) is 10.8 Å². The Morgan fingerprint density at radius 3 is 2.43 bits per heavy atom. The van der Waals surface area contributed by atoms with Gasteiger partial charge in [0.25, 0.3) is 0 Å². The molecule has 1 fully saturated rings. The zero-order chi connectivity index (χ0) is 10.6. The molecule has 0 spiro atoms. The summed E-state index contributed by atoms with van der Waals surface area (Å²) < 4.78 is 11.2. The van der Waals surface area contributed by atoms with Gasteiger partial charge in [-0.05, 0) is 13.3 Å². The van der Waals surface area contributed by atoms with Gasteiger partial charge < -0.3 is 5.73 Å². The Kier molecular flexibility index (Phi) is 4.54. The molecule has 1 rings (SSSR count). The van der Waals surface area contributed by atoms with Crippen molar-refractivity contribution in [1.82, 2.24) is 4.90 Å². The molecule has 1 unspecified atom stereocenters. The normalized spacial score (nSPS) is 24.8. The molecule has 0 aromatic heterocycles. The molecule has 0 radical (unpaired) electrons. The van der Waals surface area contributed by atoms with E-state index in [1.807, 2.05) is 0 Å². The van der Waals surface area contributed by atoms with Gasteiger partial charge in [0.05, 0.1) is 0 Å². The second-order valence-corrected chi connectivity index (χ2v) is 5.98. The maximum atomic E-state index is 11.2. The minimum absolute atomic E-state index is 0.124. The van der Waals surface area contributed by atoms with Crippen molar-refractivity contribution in [2.24, 2.45) is 5.73 Å². The van der Waals surface area contributed by atoms with Crippen molar-refractivity contribution in [3.8, 4) is 0 Å². The van der Waals surface area contributed by atoms with E-state index in [4.69, 9.17) is 5.73 Å². The third kappa shape index (κ3) is 2.78. The summed E-state index contributed by atoms with van der Waals surface area (Å²) in [5, 5.41) is 0. The molecule has 1 heterocycles. The van der Waals surface area contributed by atoms with Gasteiger partial charge in [0.1, 0.15) is 0 Å². The van der Waals surface area contributed by atoms with E-state index in [0.717, 1.165) is 37.4 Å². The zero-order valence-electron chi connectivity index (χ0n) is 9.29. The first-order valence-corrected chi connectivity index (χ1v) is 6.91. The van der Waals surface area contributed by atoms with Crippen molar-refractivity contribution in [2.75, 3.05) is 31.1 Å². The summed E-state index contributed by atoms with van der Waals surface area (Å²) in [5.41, 5.74) is 5.97. The van der Waals surface area contributed by atoms with Gasteiger partial charge in [-0.15, -0.1) is 0 Å². The molecular formula is C10H22N2OS. The highest BCUT2D eigenvalue weighted by Gasteiger charge is 2.31. The predicted molar refractivity (Wildman–Crippen MR) is 61.8 cm³/mol. The summed E-state index contributed by atoms with van der Waals surface area (Å²) in [6, 6.07) is 0. The van der Waals surface area contributed by atoms with Gasteiger partial charge in [-0.1, -0.05) is 13.3 Å². The van der Waals surface area contributed by atoms with E-state index in [1.165, 1.54) is 0 Å². The fourth-order valence-electron chi connectivity index (χ4n) is 2.11. The Morgan fingerprint density at radius 1 is 1.43 bits per heavy atom. The highest BCUT2D eigenvalue weighted by atomic mass is 32.2. The predicted octanol–water partition coefficient (Wildman–Crippen LogP) is 0.568. The van der Waals surface area contributed by atoms with Gasteiger partial charge in [0, 0.05) is 47.5 Å². The third-order valence-corrected chi connectivity index (χ3v) is 4.45. The Hall–Kier alpha value is 0.0700. The van der Waals surface area contributed by atoms with E-state index >= 15 is 0 Å². The molecule has 14 heavy (non-hydrogen) atoms. The maximum Gasteiger partial charge on any atom is 0.0363 e. The van der Waals surface area contributed by atoms with E-state index in [1.54, 1.807) is 0 Å². The van der Waals surface area contributed by atoms with E-state index in [9.17, 15) is 4.21 Å². The summed E-state index contributed by atoms with van der Waals surface area (Å²) in [6.45, 7) is 7.01. The van der Waals surface area contributed by atoms with E-state index < -0.39 is 10.8 Å². The van der Waals surface area contributed by atoms with Crippen molar-refractivity contribution < 1.29 is 4.21 Å². The van der Waals surface area contributed by atoms with Gasteiger partial charge >= 0.3 is 0 Å². The quantitative estimate of drug-likeness (QED) is 0.750. The average molecular weight is 218 g/mol. The molecule has 1 aliphatic rings. The molecule has 0 saturated carbocycles. The Morgan fingerprint density at radius 2 is 2.00 bits per heavy atom. The van der Waals surface area contributed by atoms with Crippen LogP contribution in [0.5, 0.6) is 0 Å². The highest BCUT2D eigenvalue weighted by molar-refractivity contribution is 7.85. The summed E-state index contributed by atoms with van der Waals surface area (Å²) >= 11 is 0. The molecule has 1 aliphatic heterocycles. The van der Waals surface area contributed by atoms with E-state index in [0.29, 0.717) is 6.54 Å². The largest absolute Gasteiger partial charge is 0.329 e. The van der Waals surface area contributed by atoms with Crippen LogP contribution in [-0.4, -0.2) is 45.8 Å². The zero-order valence-corrected chi connectivity index (χ0v) is 10.1. The van der Waals surface area contributed by atoms with Crippen molar-refractivity contribution in [3.63, 3.8) is 0 Å². The summed E-state index contributed by atoms with van der Waals surface area (Å²) in [7, 11) is -0.584. The van der Waals surface area contributed by atoms with Crippen LogP contribution in [0.4, 0.5) is 0 Å². The molecule has 0 bridgehead atoms. The topological polar surface area (TPSA) is 46.3 Å². The minimum atomic E-state index is -0.584. The molecule has 2 N–H and O–H groups in total. The minimum Gasteiger partial charge on any atom is -0.329 e. The lowest BCUT2D eigenvalue weighted by atomic mass is 9.94. The molecule has 84 valence electrons. The van der Waals surface area contributed by atoms with Crippen LogP contribution < -0.4 is 5.73 Å². The first-order valence-electron chi connectivity index (χ1n) is 5.42. The van der Waals surface area contributed by atoms with Crippen molar-refractivity contribution in [1.29, 1.82) is 0 Å². The van der Waals surface area contributed by atoms with Gasteiger partial charge in [-0.3, -0.25) is 9.11 Å². The molecule has 4 heteroatoms. The number of hydrogen-bond acceptors (Lipinski definition) is 3. The number of rotatable bonds is 4. The van der Waals surface area contributed by atoms with E-state index in [2.05, 4.69) is 18.7 Å². The molecule has 1 saturated heterocycles. The van der Waals surface area contributed by atoms with Crippen molar-refractivity contribution >= 4 is 10.8 Å². The maximum absolute atomic E-state index is 11.2. The van der Waals surface area contributed by atoms with Gasteiger partial charge in [-0.2, -0.15) is 0 Å². The van der Waals surface area contributed by atoms with Crippen LogP contribution in [0.1, 0.15) is 26.7 Å². The molecule has 1 atom stereocenters. The molecule has 3 nitrogen and oxygen atoms in total. The second-order valence-electron chi connectivity index (χ2n) is 4.29. The Balaban J connectivity index is 2.56. The first-order chi connectivity index (χ1) is 6.62. The lowest BCUT2D eigenvalue weighted by Crippen LogP contribution is -2.55. The highest BCUT2D eigenvalue weighted by Crippen LogP contribution is 2.21. The molecule has 0 aromatic carbocycles. The van der Waals surface area contributed by atoms with Crippen LogP contribution >= 0.6 is 0 Å². The lowest BCUT2D eigenvalue weighted by molar-refractivity contribution is 0.112. The van der Waals surface area contributed by atoms with Crippen LogP contribution in [0.25, 0.3) is 0 Å². The van der Waals surface area contributed by atoms with Gasteiger partial charge in [-0.25, -0.2) is 0 Å². The number of nitrogens with zero attached hydrogens (tertiary/aromatic N) is 1. The summed E-state index contributed by atoms with van der Waals surface area (Å²) in [4.78, 5) is 2.41. The first kappa shape index (κ1) is 12.1. The Bertz CT molecular complexity index is 200. The van der Waals surface area contributed by atoms with Crippen LogP contribution in [0, 0.1) is 0 Å². The van der Waals surface area contributed by atoms with Crippen LogP contribution in [0.2, 0.25) is 0 Å². The number of hydrogen-bond donors (Lipinski definition) is 1. The number of nitrogens with two attached hydrogens (primary N) is 1. The molecule has 0 aliphatic carbocycles. The summed E-state index contributed by atoms with van der Waals surface area (Å²) in [5.74, 6) is 1.64. The Labute approximate surface area is 89.5 Å². The SMILES string of the molecule is CCCC(C)(CN)N1CCS(=O)CC1. The van der Waals surface area contributed by atoms with Crippen LogP contribution in [0.3, 0.4) is 0 Å². The van der Waals surface area contributed by atoms with Crippen LogP contribution in [0.15, 0.2) is 0 Å². The van der Waals surface area contributed by atoms with Gasteiger partial charge in [0.15, 0.2) is 0 Å². The average Bonchev–Trinajstić information content (AvgIpc) is 2.19. The second kappa shape index (κ2) is 5.24. The molecule has 0 aromatic rings. The third-order valence-electron chi connectivity index (χ3n) is 3.17. The fraction of sp³-hybridized carbons (Fsp3) is 1.00. The monoisotopic (exact) mass is 218 g/mol. The van der Waals surface area contributed by atoms with Crippen molar-refractivity contribution in [3.05, 3.63) is 0 Å². The molecule has 0 amide bonds. The smallest absolute Gasteiger partial charge is 0.0363 e. The van der Waals surface area contributed by atoms with E-state index in [-0.39, 0.29) is 5.54 Å². The standard InChI is InChI=1S/C10H22N2OS/c1-3-4-10(2,9-11)12-5-7-14(13)8-6-12/h3-9,11H2,1-2H3. The fourth-order valence-corrected chi connectivity index (χ4v) is 3.16.